The molecule has 0 saturated carbocycles. The van der Waals surface area contributed by atoms with Gasteiger partial charge in [0.1, 0.15) is 5.82 Å². The second-order valence-corrected chi connectivity index (χ2v) is 10.1. The van der Waals surface area contributed by atoms with Crippen LogP contribution in [0.5, 0.6) is 0 Å². The highest BCUT2D eigenvalue weighted by molar-refractivity contribution is 6.12. The van der Waals surface area contributed by atoms with Crippen molar-refractivity contribution < 1.29 is 14.3 Å². The van der Waals surface area contributed by atoms with Gasteiger partial charge in [-0.05, 0) is 66.3 Å². The number of benzene rings is 3. The molecule has 0 bridgehead atoms. The first-order valence-corrected chi connectivity index (χ1v) is 13.5. The highest BCUT2D eigenvalue weighted by atomic mass is 19.1. The van der Waals surface area contributed by atoms with E-state index in [4.69, 9.17) is 0 Å². The average Bonchev–Trinajstić information content (AvgIpc) is 3.28. The number of aliphatic hydroxyl groups is 1. The fraction of sp³-hybridized carbons (Fsp3) is 0.303. The molecule has 0 aliphatic carbocycles. The maximum absolute atomic E-state index is 14.0. The predicted molar refractivity (Wildman–Crippen MR) is 154 cm³/mol. The van der Waals surface area contributed by atoms with Crippen LogP contribution in [0.15, 0.2) is 84.9 Å². The minimum atomic E-state index is -0.430. The van der Waals surface area contributed by atoms with Crippen LogP contribution < -0.4 is 5.32 Å². The van der Waals surface area contributed by atoms with E-state index in [0.717, 1.165) is 53.0 Å². The molecule has 38 heavy (non-hydrogen) atoms. The second-order valence-electron chi connectivity index (χ2n) is 10.1. The summed E-state index contributed by atoms with van der Waals surface area (Å²) < 4.78 is 16.2. The van der Waals surface area contributed by atoms with Crippen molar-refractivity contribution in [1.29, 1.82) is 0 Å². The number of amides is 1. The van der Waals surface area contributed by atoms with Crippen molar-refractivity contribution in [2.45, 2.75) is 65.0 Å². The summed E-state index contributed by atoms with van der Waals surface area (Å²) in [6.45, 7) is 6.83. The average molecular weight is 513 g/mol. The van der Waals surface area contributed by atoms with E-state index in [1.165, 1.54) is 12.1 Å². The Kier molecular flexibility index (Phi) is 9.14. The molecule has 1 aromatic heterocycles. The number of rotatable bonds is 11. The number of aliphatic hydroxyl groups excluding tert-OH is 1. The zero-order valence-electron chi connectivity index (χ0n) is 22.5. The van der Waals surface area contributed by atoms with Crippen molar-refractivity contribution in [1.82, 2.24) is 4.57 Å². The lowest BCUT2D eigenvalue weighted by molar-refractivity contribution is 0.102. The molecule has 1 atom stereocenters. The minimum Gasteiger partial charge on any atom is -0.393 e. The van der Waals surface area contributed by atoms with Crippen LogP contribution in [0.3, 0.4) is 0 Å². The van der Waals surface area contributed by atoms with Gasteiger partial charge < -0.3 is 15.0 Å². The molecule has 1 amide bonds. The molecule has 2 N–H and O–H groups in total. The van der Waals surface area contributed by atoms with Crippen LogP contribution in [0.25, 0.3) is 22.4 Å². The highest BCUT2D eigenvalue weighted by Crippen LogP contribution is 2.42. The van der Waals surface area contributed by atoms with Gasteiger partial charge in [-0.2, -0.15) is 0 Å². The number of unbranched alkanes of at least 4 members (excludes halogenated alkanes) is 1. The SMILES string of the molecule is CCCC[C@H](O)CCn1c(-c2ccc(F)cc2)c(-c2ccccc2)c(C(=O)Nc2ccccc2)c1C(C)C. The van der Waals surface area contributed by atoms with Gasteiger partial charge in [0.25, 0.3) is 5.91 Å². The zero-order valence-corrected chi connectivity index (χ0v) is 22.5. The Morgan fingerprint density at radius 3 is 2.13 bits per heavy atom. The topological polar surface area (TPSA) is 54.3 Å². The number of aromatic nitrogens is 1. The van der Waals surface area contributed by atoms with Gasteiger partial charge in [-0.15, -0.1) is 0 Å². The molecule has 4 aromatic rings. The number of hydrogen-bond acceptors (Lipinski definition) is 2. The number of nitrogens with one attached hydrogen (secondary N) is 1. The lowest BCUT2D eigenvalue weighted by atomic mass is 9.94. The van der Waals surface area contributed by atoms with Crippen LogP contribution in [-0.4, -0.2) is 21.7 Å². The van der Waals surface area contributed by atoms with Gasteiger partial charge in [-0.3, -0.25) is 4.79 Å². The third-order valence-electron chi connectivity index (χ3n) is 6.87. The molecule has 0 radical (unpaired) electrons. The number of halogens is 1. The first-order valence-electron chi connectivity index (χ1n) is 13.5. The van der Waals surface area contributed by atoms with E-state index >= 15 is 0 Å². The molecule has 0 aliphatic heterocycles. The number of hydrogen-bond donors (Lipinski definition) is 2. The zero-order chi connectivity index (χ0) is 27.1. The Morgan fingerprint density at radius 1 is 0.895 bits per heavy atom. The van der Waals surface area contributed by atoms with Gasteiger partial charge in [0.05, 0.1) is 17.4 Å². The monoisotopic (exact) mass is 512 g/mol. The second kappa shape index (κ2) is 12.7. The van der Waals surface area contributed by atoms with Crippen LogP contribution in [-0.2, 0) is 6.54 Å². The lowest BCUT2D eigenvalue weighted by Crippen LogP contribution is -2.18. The fourth-order valence-corrected chi connectivity index (χ4v) is 5.07. The van der Waals surface area contributed by atoms with Gasteiger partial charge in [-0.25, -0.2) is 4.39 Å². The standard InChI is InChI=1S/C33H37FN2O2/c1-4-5-16-28(37)21-22-36-31(23(2)3)30(33(38)35-27-14-10-7-11-15-27)29(24-12-8-6-9-13-24)32(36)25-17-19-26(34)20-18-25/h6-15,17-20,23,28,37H,4-5,16,21-22H2,1-3H3,(H,35,38)/t28-/m0/s1. The predicted octanol–water partition coefficient (Wildman–Crippen LogP) is 8.28. The number of carbonyl (C=O) groups is 1. The number of para-hydroxylation sites is 1. The summed E-state index contributed by atoms with van der Waals surface area (Å²) in [7, 11) is 0. The van der Waals surface area contributed by atoms with Gasteiger partial charge in [0.2, 0.25) is 0 Å². The van der Waals surface area contributed by atoms with Crippen LogP contribution in [0.1, 0.15) is 68.4 Å². The van der Waals surface area contributed by atoms with Gasteiger partial charge >= 0.3 is 0 Å². The van der Waals surface area contributed by atoms with Gasteiger partial charge in [0.15, 0.2) is 0 Å². The van der Waals surface area contributed by atoms with Crippen LogP contribution in [0.2, 0.25) is 0 Å². The normalized spacial score (nSPS) is 12.1. The maximum Gasteiger partial charge on any atom is 0.258 e. The fourth-order valence-electron chi connectivity index (χ4n) is 5.07. The molecule has 0 fully saturated rings. The molecule has 0 spiro atoms. The van der Waals surface area contributed by atoms with Crippen LogP contribution >= 0.6 is 0 Å². The third-order valence-corrected chi connectivity index (χ3v) is 6.87. The Bertz CT molecular complexity index is 1330. The van der Waals surface area contributed by atoms with E-state index in [2.05, 4.69) is 30.7 Å². The van der Waals surface area contributed by atoms with Crippen molar-refractivity contribution in [3.05, 3.63) is 102 Å². The highest BCUT2D eigenvalue weighted by Gasteiger charge is 2.30. The van der Waals surface area contributed by atoms with Crippen molar-refractivity contribution in [3.63, 3.8) is 0 Å². The first kappa shape index (κ1) is 27.3. The smallest absolute Gasteiger partial charge is 0.258 e. The molecule has 0 saturated heterocycles. The quantitative estimate of drug-likeness (QED) is 0.212. The lowest BCUT2D eigenvalue weighted by Gasteiger charge is -2.19. The first-order chi connectivity index (χ1) is 18.4. The molecule has 0 aliphatic rings. The van der Waals surface area contributed by atoms with E-state index in [-0.39, 0.29) is 17.6 Å². The summed E-state index contributed by atoms with van der Waals surface area (Å²) >= 11 is 0. The summed E-state index contributed by atoms with van der Waals surface area (Å²) in [5, 5.41) is 13.8. The summed E-state index contributed by atoms with van der Waals surface area (Å²) in [5.41, 5.74) is 5.65. The molecule has 1 heterocycles. The molecule has 4 rings (SSSR count). The van der Waals surface area contributed by atoms with E-state index < -0.39 is 6.10 Å². The summed E-state index contributed by atoms with van der Waals surface area (Å²) in [4.78, 5) is 14.0. The molecule has 3 aromatic carbocycles. The van der Waals surface area contributed by atoms with Crippen molar-refractivity contribution in [2.75, 3.05) is 5.32 Å². The Balaban J connectivity index is 1.96. The number of anilines is 1. The summed E-state index contributed by atoms with van der Waals surface area (Å²) in [5.74, 6) is -0.474. The summed E-state index contributed by atoms with van der Waals surface area (Å²) in [6.07, 6.45) is 2.87. The van der Waals surface area contributed by atoms with Crippen LogP contribution in [0.4, 0.5) is 10.1 Å². The molecular formula is C33H37FN2O2. The van der Waals surface area contributed by atoms with Crippen molar-refractivity contribution >= 4 is 11.6 Å². The molecule has 4 nitrogen and oxygen atoms in total. The van der Waals surface area contributed by atoms with Gasteiger partial charge in [0, 0.05) is 23.5 Å². The molecule has 198 valence electrons. The largest absolute Gasteiger partial charge is 0.393 e. The van der Waals surface area contributed by atoms with E-state index in [1.807, 2.05) is 60.7 Å². The Hall–Kier alpha value is -3.70. The maximum atomic E-state index is 14.0. The summed E-state index contributed by atoms with van der Waals surface area (Å²) in [6, 6.07) is 25.8. The van der Waals surface area contributed by atoms with Crippen molar-refractivity contribution in [2.24, 2.45) is 0 Å². The number of carbonyl (C=O) groups excluding carboxylic acids is 1. The minimum absolute atomic E-state index is 0.0240. The molecule has 5 heteroatoms. The van der Waals surface area contributed by atoms with Crippen LogP contribution in [0, 0.1) is 5.82 Å². The number of nitrogens with zero attached hydrogens (tertiary/aromatic N) is 1. The molecular weight excluding hydrogens is 475 g/mol. The Labute approximate surface area is 225 Å². The Morgan fingerprint density at radius 2 is 1.53 bits per heavy atom. The van der Waals surface area contributed by atoms with Crippen molar-refractivity contribution in [3.8, 4) is 22.4 Å². The van der Waals surface area contributed by atoms with E-state index in [9.17, 15) is 14.3 Å². The van der Waals surface area contributed by atoms with Gasteiger partial charge in [-0.1, -0.05) is 82.1 Å². The van der Waals surface area contributed by atoms with E-state index in [0.29, 0.717) is 18.5 Å². The van der Waals surface area contributed by atoms with E-state index in [1.54, 1.807) is 12.1 Å². The molecule has 0 unspecified atom stereocenters. The third kappa shape index (κ3) is 6.22.